The molecule has 4 nitrogen and oxygen atoms in total. The molecule has 2 N–H and O–H groups in total. The highest BCUT2D eigenvalue weighted by atomic mass is 79.9. The van der Waals surface area contributed by atoms with Gasteiger partial charge in [-0.3, -0.25) is 4.79 Å². The van der Waals surface area contributed by atoms with E-state index in [2.05, 4.69) is 37.9 Å². The van der Waals surface area contributed by atoms with E-state index in [9.17, 15) is 10.1 Å². The van der Waals surface area contributed by atoms with E-state index in [1.54, 1.807) is 35.0 Å². The predicted octanol–water partition coefficient (Wildman–Crippen LogP) is 5.00. The second kappa shape index (κ2) is 6.87. The van der Waals surface area contributed by atoms with Crippen LogP contribution in [0.5, 0.6) is 0 Å². The fourth-order valence-electron chi connectivity index (χ4n) is 2.66. The van der Waals surface area contributed by atoms with Crippen LogP contribution in [-0.2, 0) is 0 Å². The number of benzene rings is 2. The Bertz CT molecular complexity index is 1010. The molecule has 0 amide bonds. The number of nitrogen functional groups attached to an aromatic ring is 1. The Morgan fingerprint density at radius 3 is 2.36 bits per heavy atom. The van der Waals surface area contributed by atoms with Crippen LogP contribution >= 0.6 is 31.9 Å². The lowest BCUT2D eigenvalue weighted by Gasteiger charge is -2.12. The number of carbonyl (C=O) groups is 1. The summed E-state index contributed by atoms with van der Waals surface area (Å²) in [6.45, 7) is 1.94. The van der Waals surface area contributed by atoms with Gasteiger partial charge in [0.15, 0.2) is 0 Å². The Morgan fingerprint density at radius 2 is 1.76 bits per heavy atom. The number of halogens is 2. The van der Waals surface area contributed by atoms with Crippen LogP contribution in [0.2, 0.25) is 0 Å². The SMILES string of the molecule is Cc1cc(Br)ccc1-n1cc(C#N)c(N)c1C(=O)c1ccc(Br)cc1. The highest BCUT2D eigenvalue weighted by molar-refractivity contribution is 9.10. The lowest BCUT2D eigenvalue weighted by atomic mass is 10.1. The Balaban J connectivity index is 2.22. The topological polar surface area (TPSA) is 71.8 Å². The van der Waals surface area contributed by atoms with Crippen molar-refractivity contribution < 1.29 is 4.79 Å². The monoisotopic (exact) mass is 457 g/mol. The van der Waals surface area contributed by atoms with Crippen molar-refractivity contribution in [2.75, 3.05) is 5.73 Å². The molecule has 0 unspecified atom stereocenters. The molecule has 0 fully saturated rings. The number of nitrogens with zero attached hydrogens (tertiary/aromatic N) is 2. The summed E-state index contributed by atoms with van der Waals surface area (Å²) in [5.74, 6) is -0.228. The van der Waals surface area contributed by atoms with Crippen molar-refractivity contribution in [2.45, 2.75) is 6.92 Å². The maximum atomic E-state index is 13.0. The van der Waals surface area contributed by atoms with Gasteiger partial charge < -0.3 is 10.3 Å². The molecule has 6 heteroatoms. The summed E-state index contributed by atoms with van der Waals surface area (Å²) in [6, 6.07) is 14.8. The molecule has 0 atom stereocenters. The second-order valence-corrected chi connectivity index (χ2v) is 7.39. The Kier molecular flexibility index (Phi) is 4.80. The van der Waals surface area contributed by atoms with Crippen LogP contribution in [0.15, 0.2) is 57.6 Å². The molecule has 1 aromatic heterocycles. The average molecular weight is 459 g/mol. The lowest BCUT2D eigenvalue weighted by Crippen LogP contribution is -2.11. The van der Waals surface area contributed by atoms with Crippen molar-refractivity contribution in [3.8, 4) is 11.8 Å². The number of rotatable bonds is 3. The number of hydrogen-bond donors (Lipinski definition) is 1. The van der Waals surface area contributed by atoms with Gasteiger partial charge in [0.2, 0.25) is 5.78 Å². The third kappa shape index (κ3) is 3.26. The van der Waals surface area contributed by atoms with Gasteiger partial charge in [0.1, 0.15) is 11.8 Å². The molecule has 0 aliphatic rings. The molecule has 0 bridgehead atoms. The summed E-state index contributed by atoms with van der Waals surface area (Å²) in [6.07, 6.45) is 1.61. The van der Waals surface area contributed by atoms with Gasteiger partial charge in [0, 0.05) is 26.4 Å². The highest BCUT2D eigenvalue weighted by Crippen LogP contribution is 2.29. The van der Waals surface area contributed by atoms with Gasteiger partial charge in [-0.1, -0.05) is 31.9 Å². The average Bonchev–Trinajstić information content (AvgIpc) is 2.91. The first-order valence-electron chi connectivity index (χ1n) is 7.40. The van der Waals surface area contributed by atoms with Gasteiger partial charge in [-0.05, 0) is 55.0 Å². The van der Waals surface area contributed by atoms with Gasteiger partial charge in [-0.15, -0.1) is 0 Å². The summed E-state index contributed by atoms with van der Waals surface area (Å²) in [5.41, 5.74) is 9.15. The summed E-state index contributed by atoms with van der Waals surface area (Å²) in [7, 11) is 0. The third-order valence-corrected chi connectivity index (χ3v) is 4.93. The molecule has 124 valence electrons. The van der Waals surface area contributed by atoms with Crippen molar-refractivity contribution in [1.29, 1.82) is 5.26 Å². The van der Waals surface area contributed by atoms with E-state index in [4.69, 9.17) is 5.73 Å². The predicted molar refractivity (Wildman–Crippen MR) is 105 cm³/mol. The number of aromatic nitrogens is 1. The van der Waals surface area contributed by atoms with Crippen molar-refractivity contribution in [2.24, 2.45) is 0 Å². The molecule has 0 saturated carbocycles. The molecule has 3 rings (SSSR count). The molecule has 0 saturated heterocycles. The number of carbonyl (C=O) groups excluding carboxylic acids is 1. The number of anilines is 1. The summed E-state index contributed by atoms with van der Waals surface area (Å²) < 4.78 is 3.52. The number of aryl methyl sites for hydroxylation is 1. The van der Waals surface area contributed by atoms with Crippen LogP contribution in [0.3, 0.4) is 0 Å². The third-order valence-electron chi connectivity index (χ3n) is 3.90. The second-order valence-electron chi connectivity index (χ2n) is 5.55. The summed E-state index contributed by atoms with van der Waals surface area (Å²) in [4.78, 5) is 13.0. The maximum Gasteiger partial charge on any atom is 0.211 e. The standard InChI is InChI=1S/C19H13Br2N3O/c1-11-8-15(21)6-7-16(11)24-10-13(9-22)17(23)18(24)19(25)12-2-4-14(20)5-3-12/h2-8,10H,23H2,1H3. The normalized spacial score (nSPS) is 10.5. The van der Waals surface area contributed by atoms with Gasteiger partial charge >= 0.3 is 0 Å². The van der Waals surface area contributed by atoms with E-state index < -0.39 is 0 Å². The van der Waals surface area contributed by atoms with Crippen molar-refractivity contribution >= 4 is 43.3 Å². The molecule has 0 aliphatic heterocycles. The lowest BCUT2D eigenvalue weighted by molar-refractivity contribution is 0.103. The molecule has 3 aromatic rings. The Morgan fingerprint density at radius 1 is 1.12 bits per heavy atom. The quantitative estimate of drug-likeness (QED) is 0.561. The van der Waals surface area contributed by atoms with Gasteiger partial charge in [0.25, 0.3) is 0 Å². The van der Waals surface area contributed by atoms with E-state index in [-0.39, 0.29) is 17.0 Å². The number of hydrogen-bond acceptors (Lipinski definition) is 3. The van der Waals surface area contributed by atoms with Crippen LogP contribution in [0.25, 0.3) is 5.69 Å². The minimum atomic E-state index is -0.228. The van der Waals surface area contributed by atoms with Crippen molar-refractivity contribution in [3.63, 3.8) is 0 Å². The van der Waals surface area contributed by atoms with Gasteiger partial charge in [-0.2, -0.15) is 5.26 Å². The molecular weight excluding hydrogens is 446 g/mol. The zero-order valence-electron chi connectivity index (χ0n) is 13.3. The van der Waals surface area contributed by atoms with Crippen molar-refractivity contribution in [1.82, 2.24) is 4.57 Å². The number of ketones is 1. The van der Waals surface area contributed by atoms with Crippen LogP contribution in [0.4, 0.5) is 5.69 Å². The first kappa shape index (κ1) is 17.5. The van der Waals surface area contributed by atoms with E-state index in [0.717, 1.165) is 20.2 Å². The maximum absolute atomic E-state index is 13.0. The van der Waals surface area contributed by atoms with E-state index in [1.165, 1.54) is 0 Å². The summed E-state index contributed by atoms with van der Waals surface area (Å²) >= 11 is 6.79. The molecule has 0 aliphatic carbocycles. The zero-order chi connectivity index (χ0) is 18.1. The molecule has 2 aromatic carbocycles. The first-order chi connectivity index (χ1) is 11.9. The fourth-order valence-corrected chi connectivity index (χ4v) is 3.40. The fraction of sp³-hybridized carbons (Fsp3) is 0.0526. The van der Waals surface area contributed by atoms with Crippen LogP contribution in [-0.4, -0.2) is 10.4 Å². The van der Waals surface area contributed by atoms with Gasteiger partial charge in [0.05, 0.1) is 11.3 Å². The van der Waals surface area contributed by atoms with E-state index in [1.807, 2.05) is 25.1 Å². The zero-order valence-corrected chi connectivity index (χ0v) is 16.4. The summed E-state index contributed by atoms with van der Waals surface area (Å²) in [5, 5.41) is 9.34. The van der Waals surface area contributed by atoms with Crippen LogP contribution in [0.1, 0.15) is 27.2 Å². The van der Waals surface area contributed by atoms with E-state index in [0.29, 0.717) is 11.3 Å². The molecule has 0 spiro atoms. The molecule has 0 radical (unpaired) electrons. The smallest absolute Gasteiger partial charge is 0.211 e. The molecular formula is C19H13Br2N3O. The Hall–Kier alpha value is -2.36. The van der Waals surface area contributed by atoms with Crippen molar-refractivity contribution in [3.05, 3.63) is 80.0 Å². The highest BCUT2D eigenvalue weighted by Gasteiger charge is 2.23. The number of nitrogens with two attached hydrogens (primary N) is 1. The van der Waals surface area contributed by atoms with Crippen LogP contribution in [0, 0.1) is 18.3 Å². The first-order valence-corrected chi connectivity index (χ1v) is 8.98. The van der Waals surface area contributed by atoms with Crippen LogP contribution < -0.4 is 5.73 Å². The minimum Gasteiger partial charge on any atom is -0.396 e. The minimum absolute atomic E-state index is 0.192. The molecule has 25 heavy (non-hydrogen) atoms. The van der Waals surface area contributed by atoms with Gasteiger partial charge in [-0.25, -0.2) is 0 Å². The molecule has 1 heterocycles. The largest absolute Gasteiger partial charge is 0.396 e. The Labute approximate surface area is 162 Å². The number of nitriles is 1. The van der Waals surface area contributed by atoms with E-state index >= 15 is 0 Å².